The third-order valence-electron chi connectivity index (χ3n) is 4.93. The maximum absolute atomic E-state index is 12.8. The van der Waals surface area contributed by atoms with Gasteiger partial charge in [-0.15, -0.1) is 4.13 Å². The minimum Gasteiger partial charge on any atom is -0.373 e. The van der Waals surface area contributed by atoms with E-state index in [1.165, 1.54) is 16.9 Å². The summed E-state index contributed by atoms with van der Waals surface area (Å²) in [6, 6.07) is 19.5. The van der Waals surface area contributed by atoms with Crippen LogP contribution >= 0.6 is 0 Å². The van der Waals surface area contributed by atoms with Gasteiger partial charge in [0.25, 0.3) is 10.0 Å². The zero-order valence-corrected chi connectivity index (χ0v) is 17.6. The smallest absolute Gasteiger partial charge is 0.271 e. The Balaban J connectivity index is 1.40. The Morgan fingerprint density at radius 1 is 0.933 bits per heavy atom. The van der Waals surface area contributed by atoms with Gasteiger partial charge in [-0.05, 0) is 36.6 Å². The SMILES string of the molecule is O=S(=O)(NS(=O)(=O)C1CC(OCc2ccccc2)C1)c1ccnn1-c1ccccc1. The van der Waals surface area contributed by atoms with Gasteiger partial charge in [-0.25, -0.2) is 21.5 Å². The van der Waals surface area contributed by atoms with E-state index in [2.05, 4.69) is 5.10 Å². The van der Waals surface area contributed by atoms with Crippen LogP contribution < -0.4 is 4.13 Å². The molecule has 0 spiro atoms. The lowest BCUT2D eigenvalue weighted by atomic mass is 9.95. The number of benzene rings is 2. The fourth-order valence-corrected chi connectivity index (χ4v) is 6.88. The first-order chi connectivity index (χ1) is 14.4. The number of hydrogen-bond acceptors (Lipinski definition) is 6. The van der Waals surface area contributed by atoms with Crippen molar-refractivity contribution in [1.82, 2.24) is 13.9 Å². The van der Waals surface area contributed by atoms with Crippen LogP contribution in [0.3, 0.4) is 0 Å². The molecule has 0 unspecified atom stereocenters. The zero-order chi connectivity index (χ0) is 21.2. The quantitative estimate of drug-likeness (QED) is 0.567. The first kappa shape index (κ1) is 20.7. The highest BCUT2D eigenvalue weighted by Crippen LogP contribution is 2.30. The van der Waals surface area contributed by atoms with E-state index < -0.39 is 25.3 Å². The minimum atomic E-state index is -4.33. The molecule has 2 aromatic carbocycles. The van der Waals surface area contributed by atoms with Crippen LogP contribution in [-0.2, 0) is 31.4 Å². The predicted octanol–water partition coefficient (Wildman–Crippen LogP) is 2.23. The maximum Gasteiger partial charge on any atom is 0.271 e. The number of rotatable bonds is 8. The first-order valence-electron chi connectivity index (χ1n) is 9.37. The van der Waals surface area contributed by atoms with Gasteiger partial charge in [0, 0.05) is 0 Å². The largest absolute Gasteiger partial charge is 0.373 e. The van der Waals surface area contributed by atoms with Gasteiger partial charge in [-0.2, -0.15) is 5.10 Å². The zero-order valence-electron chi connectivity index (χ0n) is 16.0. The standard InChI is InChI=1S/C20H21N3O5S2/c24-29(25,19-13-18(14-19)28-15-16-7-3-1-4-8-16)22-30(26,27)20-11-12-21-23(20)17-9-5-2-6-10-17/h1-12,18-19,22H,13-15H2. The molecule has 1 aliphatic rings. The van der Waals surface area contributed by atoms with Crippen molar-refractivity contribution < 1.29 is 21.6 Å². The number of nitrogens with one attached hydrogen (secondary N) is 1. The molecule has 1 heterocycles. The molecule has 1 aliphatic carbocycles. The van der Waals surface area contributed by atoms with Gasteiger partial charge >= 0.3 is 0 Å². The highest BCUT2D eigenvalue weighted by atomic mass is 32.3. The van der Waals surface area contributed by atoms with E-state index in [1.807, 2.05) is 34.5 Å². The summed E-state index contributed by atoms with van der Waals surface area (Å²) in [7, 11) is -8.41. The number of sulfonamides is 2. The summed E-state index contributed by atoms with van der Waals surface area (Å²) < 4.78 is 59.5. The number of ether oxygens (including phenoxy) is 1. The van der Waals surface area contributed by atoms with Crippen LogP contribution in [0.5, 0.6) is 0 Å². The maximum atomic E-state index is 12.8. The monoisotopic (exact) mass is 447 g/mol. The van der Waals surface area contributed by atoms with Crippen molar-refractivity contribution in [3.8, 4) is 5.69 Å². The molecule has 0 atom stereocenters. The summed E-state index contributed by atoms with van der Waals surface area (Å²) in [6.45, 7) is 0.389. The number of nitrogens with zero attached hydrogens (tertiary/aromatic N) is 2. The second-order valence-electron chi connectivity index (χ2n) is 7.06. The average Bonchev–Trinajstić information content (AvgIpc) is 3.18. The van der Waals surface area contributed by atoms with Gasteiger partial charge < -0.3 is 4.74 Å². The molecule has 0 saturated heterocycles. The van der Waals surface area contributed by atoms with Gasteiger partial charge in [0.2, 0.25) is 10.0 Å². The molecular formula is C20H21N3O5S2. The highest BCUT2D eigenvalue weighted by molar-refractivity contribution is 8.05. The van der Waals surface area contributed by atoms with Crippen LogP contribution in [0, 0.1) is 0 Å². The van der Waals surface area contributed by atoms with Crippen molar-refractivity contribution in [1.29, 1.82) is 0 Å². The molecule has 8 nitrogen and oxygen atoms in total. The van der Waals surface area contributed by atoms with E-state index in [9.17, 15) is 16.8 Å². The van der Waals surface area contributed by atoms with Crippen LogP contribution in [0.15, 0.2) is 78.0 Å². The second-order valence-corrected chi connectivity index (χ2v) is 10.9. The van der Waals surface area contributed by atoms with E-state index in [1.54, 1.807) is 30.3 Å². The third-order valence-corrected chi connectivity index (χ3v) is 8.86. The number of aromatic nitrogens is 2. The van der Waals surface area contributed by atoms with E-state index >= 15 is 0 Å². The minimum absolute atomic E-state index is 0.218. The van der Waals surface area contributed by atoms with Crippen molar-refractivity contribution in [2.75, 3.05) is 0 Å². The molecular weight excluding hydrogens is 426 g/mol. The molecule has 1 aromatic heterocycles. The number of para-hydroxylation sites is 1. The van der Waals surface area contributed by atoms with Crippen molar-refractivity contribution in [2.45, 2.75) is 35.8 Å². The Morgan fingerprint density at radius 3 is 2.23 bits per heavy atom. The summed E-state index contributed by atoms with van der Waals surface area (Å²) in [5.41, 5.74) is 1.51. The summed E-state index contributed by atoms with van der Waals surface area (Å²) in [5.74, 6) is 0. The molecule has 30 heavy (non-hydrogen) atoms. The Kier molecular flexibility index (Phi) is 5.74. The van der Waals surface area contributed by atoms with E-state index in [-0.39, 0.29) is 24.0 Å². The molecule has 0 aliphatic heterocycles. The highest BCUT2D eigenvalue weighted by Gasteiger charge is 2.42. The fourth-order valence-electron chi connectivity index (χ4n) is 3.22. The van der Waals surface area contributed by atoms with E-state index in [4.69, 9.17) is 4.74 Å². The fraction of sp³-hybridized carbons (Fsp3) is 0.250. The molecule has 158 valence electrons. The summed E-state index contributed by atoms with van der Waals surface area (Å²) in [5, 5.41) is 2.95. The van der Waals surface area contributed by atoms with Crippen LogP contribution in [0.4, 0.5) is 0 Å². The van der Waals surface area contributed by atoms with Gasteiger partial charge in [-0.3, -0.25) is 0 Å². The van der Waals surface area contributed by atoms with Gasteiger partial charge in [0.1, 0.15) is 0 Å². The Labute approximate surface area is 175 Å². The first-order valence-corrected chi connectivity index (χ1v) is 12.4. The van der Waals surface area contributed by atoms with Gasteiger partial charge in [0.15, 0.2) is 5.03 Å². The van der Waals surface area contributed by atoms with Gasteiger partial charge in [0.05, 0.1) is 29.8 Å². The van der Waals surface area contributed by atoms with Crippen LogP contribution in [0.1, 0.15) is 18.4 Å². The molecule has 10 heteroatoms. The Bertz CT molecular complexity index is 1200. The van der Waals surface area contributed by atoms with Crippen LogP contribution in [0.2, 0.25) is 0 Å². The summed E-state index contributed by atoms with van der Waals surface area (Å²) >= 11 is 0. The van der Waals surface area contributed by atoms with Crippen LogP contribution in [0.25, 0.3) is 5.69 Å². The molecule has 0 radical (unpaired) electrons. The van der Waals surface area contributed by atoms with Crippen molar-refractivity contribution in [2.24, 2.45) is 0 Å². The topological polar surface area (TPSA) is 107 Å². The molecule has 4 rings (SSSR count). The Hall–Kier alpha value is -2.53. The molecule has 1 saturated carbocycles. The van der Waals surface area contributed by atoms with Crippen molar-refractivity contribution in [3.63, 3.8) is 0 Å². The van der Waals surface area contributed by atoms with Crippen molar-refractivity contribution >= 4 is 20.0 Å². The lowest BCUT2D eigenvalue weighted by Gasteiger charge is -2.34. The number of hydrogen-bond donors (Lipinski definition) is 1. The molecule has 3 aromatic rings. The third kappa shape index (κ3) is 4.46. The van der Waals surface area contributed by atoms with Crippen molar-refractivity contribution in [3.05, 3.63) is 78.5 Å². The molecule has 1 fully saturated rings. The van der Waals surface area contributed by atoms with Crippen LogP contribution in [-0.4, -0.2) is 38.0 Å². The van der Waals surface area contributed by atoms with E-state index in [0.29, 0.717) is 12.3 Å². The van der Waals surface area contributed by atoms with Gasteiger partial charge in [-0.1, -0.05) is 48.5 Å². The second kappa shape index (κ2) is 8.31. The Morgan fingerprint density at radius 2 is 1.57 bits per heavy atom. The lowest BCUT2D eigenvalue weighted by molar-refractivity contribution is -0.00659. The average molecular weight is 448 g/mol. The molecule has 1 N–H and O–H groups in total. The molecule has 0 bridgehead atoms. The van der Waals surface area contributed by atoms with E-state index in [0.717, 1.165) is 5.56 Å². The summed E-state index contributed by atoms with van der Waals surface area (Å²) in [6.07, 6.45) is 1.58. The summed E-state index contributed by atoms with van der Waals surface area (Å²) in [4.78, 5) is 0. The normalized spacial score (nSPS) is 19.3. The lowest BCUT2D eigenvalue weighted by Crippen LogP contribution is -2.48. The predicted molar refractivity (Wildman–Crippen MR) is 111 cm³/mol. The molecule has 0 amide bonds.